The SMILES string of the molecule is O=C(O)C[C]1([AlH2])CCOC2(CCCC2)C1. The smallest absolute Gasteiger partial charge is 0.302 e. The van der Waals surface area contributed by atoms with Crippen LogP contribution in [0.1, 0.15) is 44.9 Å². The van der Waals surface area contributed by atoms with Crippen LogP contribution in [0.4, 0.5) is 0 Å². The van der Waals surface area contributed by atoms with Crippen LogP contribution in [-0.2, 0) is 9.53 Å². The maximum absolute atomic E-state index is 10.9. The van der Waals surface area contributed by atoms with Crippen molar-refractivity contribution in [1.82, 2.24) is 0 Å². The highest BCUT2D eigenvalue weighted by Crippen LogP contribution is 2.51. The molecule has 1 atom stereocenters. The Kier molecular flexibility index (Phi) is 3.12. The van der Waals surface area contributed by atoms with Gasteiger partial charge in [-0.1, -0.05) is 17.1 Å². The molecule has 4 heteroatoms. The van der Waals surface area contributed by atoms with Gasteiger partial charge in [-0.05, 0) is 25.7 Å². The van der Waals surface area contributed by atoms with Gasteiger partial charge in [0.25, 0.3) is 0 Å². The summed E-state index contributed by atoms with van der Waals surface area (Å²) >= 11 is 0.975. The van der Waals surface area contributed by atoms with Gasteiger partial charge >= 0.3 is 5.97 Å². The van der Waals surface area contributed by atoms with E-state index < -0.39 is 5.97 Å². The summed E-state index contributed by atoms with van der Waals surface area (Å²) in [6.45, 7) is 0.775. The summed E-state index contributed by atoms with van der Waals surface area (Å²) < 4.78 is 6.02. The fourth-order valence-electron chi connectivity index (χ4n) is 3.29. The molecule has 0 bridgehead atoms. The van der Waals surface area contributed by atoms with Gasteiger partial charge in [0.15, 0.2) is 0 Å². The predicted octanol–water partition coefficient (Wildman–Crippen LogP) is 1.38. The standard InChI is InChI=1S/C11H17O3.Al.2H/c12-10(13)7-9-3-6-14-11(8-9)4-1-2-5-11;;;/h1-8H2,(H,12,13);;;. The number of carboxylic acid groups (broad SMARTS) is 1. The lowest BCUT2D eigenvalue weighted by Gasteiger charge is -2.44. The van der Waals surface area contributed by atoms with Gasteiger partial charge in [-0.25, -0.2) is 0 Å². The highest BCUT2D eigenvalue weighted by atomic mass is 27.0. The second kappa shape index (κ2) is 4.09. The number of carbonyl (C=O) groups is 1. The Morgan fingerprint density at radius 2 is 2.00 bits per heavy atom. The number of carboxylic acids is 1. The molecule has 2 aliphatic rings. The Hall–Kier alpha value is -0.0375. The van der Waals surface area contributed by atoms with Crippen molar-refractivity contribution in [3.8, 4) is 0 Å². The molecule has 1 N–H and O–H groups in total. The molecular formula is C11H19AlO3. The molecule has 1 spiro atoms. The molecule has 1 heterocycles. The molecule has 1 aliphatic carbocycles. The molecule has 0 amide bonds. The molecule has 3 nitrogen and oxygen atoms in total. The quantitative estimate of drug-likeness (QED) is 0.723. The molecule has 0 aromatic rings. The van der Waals surface area contributed by atoms with E-state index in [-0.39, 0.29) is 9.88 Å². The predicted molar refractivity (Wildman–Crippen MR) is 59.9 cm³/mol. The second-order valence-corrected chi connectivity index (χ2v) is 7.67. The Morgan fingerprint density at radius 1 is 1.33 bits per heavy atom. The molecule has 0 aromatic carbocycles. The molecule has 1 saturated heterocycles. The molecule has 84 valence electrons. The number of aliphatic carboxylic acids is 1. The van der Waals surface area contributed by atoms with Crippen molar-refractivity contribution in [3.63, 3.8) is 0 Å². The van der Waals surface area contributed by atoms with Gasteiger partial charge < -0.3 is 9.84 Å². The molecule has 1 unspecified atom stereocenters. The lowest BCUT2D eigenvalue weighted by atomic mass is 9.82. The second-order valence-electron chi connectivity index (χ2n) is 5.55. The molecule has 0 aromatic heterocycles. The minimum Gasteiger partial charge on any atom is -0.481 e. The van der Waals surface area contributed by atoms with Gasteiger partial charge in [-0.3, -0.25) is 4.79 Å². The van der Waals surface area contributed by atoms with Gasteiger partial charge in [0.05, 0.1) is 5.60 Å². The van der Waals surface area contributed by atoms with E-state index in [9.17, 15) is 4.79 Å². The van der Waals surface area contributed by atoms with Gasteiger partial charge in [-0.2, -0.15) is 0 Å². The zero-order valence-corrected chi connectivity index (χ0v) is 11.4. The maximum atomic E-state index is 10.9. The first-order valence-electron chi connectivity index (χ1n) is 5.90. The molecular weight excluding hydrogens is 207 g/mol. The van der Waals surface area contributed by atoms with Crippen molar-refractivity contribution in [3.05, 3.63) is 0 Å². The lowest BCUT2D eigenvalue weighted by Crippen LogP contribution is -2.41. The molecule has 15 heavy (non-hydrogen) atoms. The Bertz CT molecular complexity index is 261. The maximum Gasteiger partial charge on any atom is 0.302 e. The van der Waals surface area contributed by atoms with Crippen molar-refractivity contribution < 1.29 is 14.6 Å². The summed E-state index contributed by atoms with van der Waals surface area (Å²) in [6.07, 6.45) is 7.11. The Labute approximate surface area is 98.6 Å². The lowest BCUT2D eigenvalue weighted by molar-refractivity contribution is -0.140. The summed E-state index contributed by atoms with van der Waals surface area (Å²) in [4.78, 5) is 10.9. The van der Waals surface area contributed by atoms with Crippen LogP contribution in [0.25, 0.3) is 0 Å². The van der Waals surface area contributed by atoms with Crippen LogP contribution in [0.15, 0.2) is 0 Å². The van der Waals surface area contributed by atoms with E-state index in [2.05, 4.69) is 0 Å². The summed E-state index contributed by atoms with van der Waals surface area (Å²) in [5.74, 6) is -0.639. The summed E-state index contributed by atoms with van der Waals surface area (Å²) in [5.41, 5.74) is 0.0649. The van der Waals surface area contributed by atoms with E-state index in [0.29, 0.717) is 6.42 Å². The number of hydrogen-bond donors (Lipinski definition) is 1. The molecule has 2 fully saturated rings. The van der Waals surface area contributed by atoms with Crippen LogP contribution in [-0.4, -0.2) is 39.6 Å². The number of hydrogen-bond acceptors (Lipinski definition) is 2. The minimum absolute atomic E-state index is 0.0649. The first-order chi connectivity index (χ1) is 7.04. The average molecular weight is 226 g/mol. The molecule has 1 aliphatic heterocycles. The summed E-state index contributed by atoms with van der Waals surface area (Å²) in [6, 6.07) is 0. The first-order valence-corrected chi connectivity index (χ1v) is 6.90. The molecule has 0 radical (unpaired) electrons. The third kappa shape index (κ3) is 2.56. The van der Waals surface area contributed by atoms with E-state index in [1.54, 1.807) is 0 Å². The Balaban J connectivity index is 2.05. The van der Waals surface area contributed by atoms with Crippen LogP contribution in [0.5, 0.6) is 0 Å². The van der Waals surface area contributed by atoms with Gasteiger partial charge in [0.2, 0.25) is 16.3 Å². The largest absolute Gasteiger partial charge is 0.481 e. The van der Waals surface area contributed by atoms with E-state index in [4.69, 9.17) is 9.84 Å². The van der Waals surface area contributed by atoms with Crippen LogP contribution in [0.3, 0.4) is 0 Å². The van der Waals surface area contributed by atoms with E-state index in [1.807, 2.05) is 0 Å². The zero-order valence-electron chi connectivity index (χ0n) is 9.42. The molecule has 2 rings (SSSR count). The van der Waals surface area contributed by atoms with Gasteiger partial charge in [0, 0.05) is 13.0 Å². The van der Waals surface area contributed by atoms with Gasteiger partial charge in [-0.15, -0.1) is 0 Å². The fourth-order valence-corrected chi connectivity index (χ4v) is 4.44. The van der Waals surface area contributed by atoms with Gasteiger partial charge in [0.1, 0.15) is 0 Å². The third-order valence-corrected chi connectivity index (χ3v) is 5.16. The highest BCUT2D eigenvalue weighted by molar-refractivity contribution is 6.16. The topological polar surface area (TPSA) is 46.5 Å². The van der Waals surface area contributed by atoms with Crippen molar-refractivity contribution in [2.24, 2.45) is 0 Å². The van der Waals surface area contributed by atoms with E-state index >= 15 is 0 Å². The monoisotopic (exact) mass is 226 g/mol. The van der Waals surface area contributed by atoms with E-state index in [1.165, 1.54) is 12.8 Å². The highest BCUT2D eigenvalue weighted by Gasteiger charge is 2.45. The normalized spacial score (nSPS) is 34.4. The van der Waals surface area contributed by atoms with Crippen LogP contribution in [0.2, 0.25) is 4.28 Å². The summed E-state index contributed by atoms with van der Waals surface area (Å²) in [7, 11) is 0. The third-order valence-electron chi connectivity index (χ3n) is 3.96. The number of ether oxygens (including phenoxy) is 1. The summed E-state index contributed by atoms with van der Waals surface area (Å²) in [5, 5.41) is 8.94. The van der Waals surface area contributed by atoms with Crippen molar-refractivity contribution in [2.75, 3.05) is 6.61 Å². The average Bonchev–Trinajstić information content (AvgIpc) is 2.50. The van der Waals surface area contributed by atoms with Crippen molar-refractivity contribution in [1.29, 1.82) is 0 Å². The minimum atomic E-state index is -0.639. The van der Waals surface area contributed by atoms with E-state index in [0.717, 1.165) is 48.6 Å². The van der Waals surface area contributed by atoms with Crippen molar-refractivity contribution >= 4 is 22.3 Å². The molecule has 1 saturated carbocycles. The fraction of sp³-hybridized carbons (Fsp3) is 0.909. The first kappa shape index (κ1) is 11.4. The number of rotatable bonds is 2. The van der Waals surface area contributed by atoms with Crippen LogP contribution < -0.4 is 0 Å². The van der Waals surface area contributed by atoms with Crippen molar-refractivity contribution in [2.45, 2.75) is 54.8 Å². The zero-order chi connectivity index (χ0) is 10.9. The Morgan fingerprint density at radius 3 is 2.60 bits per heavy atom. The van der Waals surface area contributed by atoms with Crippen LogP contribution >= 0.6 is 0 Å². The van der Waals surface area contributed by atoms with Crippen LogP contribution in [0, 0.1) is 0 Å².